The summed E-state index contributed by atoms with van der Waals surface area (Å²) < 4.78 is 20.7. The Morgan fingerprint density at radius 3 is 2.75 bits per heavy atom. The van der Waals surface area contributed by atoms with Crippen LogP contribution in [-0.4, -0.2) is 32.6 Å². The van der Waals surface area contributed by atoms with Crippen molar-refractivity contribution in [1.29, 1.82) is 0 Å². The van der Waals surface area contributed by atoms with Crippen LogP contribution in [0, 0.1) is 11.7 Å². The van der Waals surface area contributed by atoms with Crippen LogP contribution in [0.5, 0.6) is 5.75 Å². The van der Waals surface area contributed by atoms with Gasteiger partial charge in [0, 0.05) is 0 Å². The molecule has 1 aromatic heterocycles. The molecule has 3 atom stereocenters. The molecule has 0 saturated carbocycles. The second-order valence-corrected chi connectivity index (χ2v) is 6.09. The second-order valence-electron chi connectivity index (χ2n) is 6.09. The highest BCUT2D eigenvalue weighted by atomic mass is 19.1. The molecule has 0 amide bonds. The molecule has 6 heteroatoms. The Kier molecular flexibility index (Phi) is 7.18. The lowest BCUT2D eigenvalue weighted by Gasteiger charge is -2.27. The molecule has 0 radical (unpaired) electrons. The Bertz CT molecular complexity index is 592. The third-order valence-electron chi connectivity index (χ3n) is 4.39. The third kappa shape index (κ3) is 5.03. The first kappa shape index (κ1) is 18.4. The largest absolute Gasteiger partial charge is 0.491 e. The standard InChI is InChI=1S/C18H26FN3O2/c1-3-14(2)18(23)16(22-13-20-12-21-22)9-6-7-11-24-17-10-5-4-8-15(17)19/h4-5,8,10,12-14,16,18,23H,3,6-7,9,11H2,1-2H3. The first-order chi connectivity index (χ1) is 11.6. The van der Waals surface area contributed by atoms with Crippen molar-refractivity contribution in [3.05, 3.63) is 42.7 Å². The molecular weight excluding hydrogens is 309 g/mol. The number of para-hydroxylation sites is 1. The third-order valence-corrected chi connectivity index (χ3v) is 4.39. The van der Waals surface area contributed by atoms with Crippen molar-refractivity contribution >= 4 is 0 Å². The van der Waals surface area contributed by atoms with Gasteiger partial charge in [0.15, 0.2) is 11.6 Å². The van der Waals surface area contributed by atoms with Gasteiger partial charge in [0.1, 0.15) is 12.7 Å². The predicted molar refractivity (Wildman–Crippen MR) is 90.3 cm³/mol. The van der Waals surface area contributed by atoms with Gasteiger partial charge in [-0.05, 0) is 37.3 Å². The van der Waals surface area contributed by atoms with Crippen LogP contribution >= 0.6 is 0 Å². The molecule has 1 N–H and O–H groups in total. The monoisotopic (exact) mass is 335 g/mol. The van der Waals surface area contributed by atoms with Crippen LogP contribution in [0.4, 0.5) is 4.39 Å². The van der Waals surface area contributed by atoms with Crippen LogP contribution in [0.3, 0.4) is 0 Å². The molecule has 1 aromatic carbocycles. The highest BCUT2D eigenvalue weighted by Gasteiger charge is 2.25. The number of ether oxygens (including phenoxy) is 1. The molecule has 24 heavy (non-hydrogen) atoms. The lowest BCUT2D eigenvalue weighted by atomic mass is 9.92. The van der Waals surface area contributed by atoms with Crippen LogP contribution in [-0.2, 0) is 0 Å². The number of aliphatic hydroxyl groups is 1. The first-order valence-corrected chi connectivity index (χ1v) is 8.53. The fraction of sp³-hybridized carbons (Fsp3) is 0.556. The minimum Gasteiger partial charge on any atom is -0.491 e. The van der Waals surface area contributed by atoms with Crippen molar-refractivity contribution in [2.45, 2.75) is 51.7 Å². The summed E-state index contributed by atoms with van der Waals surface area (Å²) in [6, 6.07) is 6.30. The predicted octanol–water partition coefficient (Wildman–Crippen LogP) is 3.61. The van der Waals surface area contributed by atoms with Crippen molar-refractivity contribution in [1.82, 2.24) is 14.8 Å². The lowest BCUT2D eigenvalue weighted by Crippen LogP contribution is -2.30. The minimum absolute atomic E-state index is 0.101. The van der Waals surface area contributed by atoms with Gasteiger partial charge in [0.05, 0.1) is 18.8 Å². The minimum atomic E-state index is -0.468. The second kappa shape index (κ2) is 9.37. The summed E-state index contributed by atoms with van der Waals surface area (Å²) in [5.74, 6) is 0.129. The number of benzene rings is 1. The van der Waals surface area contributed by atoms with E-state index in [1.807, 2.05) is 6.92 Å². The van der Waals surface area contributed by atoms with Crippen molar-refractivity contribution in [3.8, 4) is 5.75 Å². The summed E-state index contributed by atoms with van der Waals surface area (Å²) in [6.45, 7) is 4.55. The summed E-state index contributed by atoms with van der Waals surface area (Å²) >= 11 is 0. The zero-order valence-electron chi connectivity index (χ0n) is 14.3. The number of hydrogen-bond donors (Lipinski definition) is 1. The molecular formula is C18H26FN3O2. The number of halogens is 1. The average Bonchev–Trinajstić information content (AvgIpc) is 3.12. The molecule has 3 unspecified atom stereocenters. The first-order valence-electron chi connectivity index (χ1n) is 8.53. The number of rotatable bonds is 10. The van der Waals surface area contributed by atoms with E-state index in [4.69, 9.17) is 4.74 Å². The summed E-state index contributed by atoms with van der Waals surface area (Å²) in [7, 11) is 0. The quantitative estimate of drug-likeness (QED) is 0.674. The Hall–Kier alpha value is -1.95. The van der Waals surface area contributed by atoms with Gasteiger partial charge >= 0.3 is 0 Å². The maximum atomic E-state index is 13.5. The summed E-state index contributed by atoms with van der Waals surface area (Å²) in [6.07, 6.45) is 5.98. The maximum absolute atomic E-state index is 13.5. The van der Waals surface area contributed by atoms with E-state index in [1.165, 1.54) is 12.4 Å². The number of aromatic nitrogens is 3. The van der Waals surface area contributed by atoms with Gasteiger partial charge in [0.2, 0.25) is 0 Å². The van der Waals surface area contributed by atoms with Crippen LogP contribution in [0.15, 0.2) is 36.9 Å². The summed E-state index contributed by atoms with van der Waals surface area (Å²) in [4.78, 5) is 3.98. The smallest absolute Gasteiger partial charge is 0.165 e. The van der Waals surface area contributed by atoms with E-state index in [9.17, 15) is 9.50 Å². The molecule has 132 valence electrons. The highest BCUT2D eigenvalue weighted by Crippen LogP contribution is 2.25. The number of hydrogen-bond acceptors (Lipinski definition) is 4. The SMILES string of the molecule is CCC(C)C(O)C(CCCCOc1ccccc1F)n1cncn1. The molecule has 0 aliphatic carbocycles. The van der Waals surface area contributed by atoms with E-state index in [0.717, 1.165) is 25.7 Å². The Morgan fingerprint density at radius 2 is 2.08 bits per heavy atom. The molecule has 5 nitrogen and oxygen atoms in total. The zero-order chi connectivity index (χ0) is 17.4. The topological polar surface area (TPSA) is 60.2 Å². The van der Waals surface area contributed by atoms with Gasteiger partial charge in [-0.1, -0.05) is 32.4 Å². The fourth-order valence-electron chi connectivity index (χ4n) is 2.67. The molecule has 2 aromatic rings. The van der Waals surface area contributed by atoms with Crippen LogP contribution in [0.25, 0.3) is 0 Å². The van der Waals surface area contributed by atoms with Gasteiger partial charge in [-0.15, -0.1) is 0 Å². The normalized spacial score (nSPS) is 15.0. The van der Waals surface area contributed by atoms with E-state index in [1.54, 1.807) is 29.2 Å². The molecule has 0 aliphatic rings. The van der Waals surface area contributed by atoms with Crippen LogP contribution in [0.2, 0.25) is 0 Å². The number of nitrogens with zero attached hydrogens (tertiary/aromatic N) is 3. The van der Waals surface area contributed by atoms with E-state index < -0.39 is 6.10 Å². The Morgan fingerprint density at radius 1 is 1.29 bits per heavy atom. The lowest BCUT2D eigenvalue weighted by molar-refractivity contribution is 0.0498. The van der Waals surface area contributed by atoms with Gasteiger partial charge in [-0.25, -0.2) is 14.1 Å². The summed E-state index contributed by atoms with van der Waals surface area (Å²) in [5.41, 5.74) is 0. The molecule has 0 spiro atoms. The molecule has 0 fully saturated rings. The van der Waals surface area contributed by atoms with Crippen molar-refractivity contribution < 1.29 is 14.2 Å². The van der Waals surface area contributed by atoms with Gasteiger partial charge in [-0.3, -0.25) is 0 Å². The molecule has 0 saturated heterocycles. The number of unbranched alkanes of at least 4 members (excludes halogenated alkanes) is 1. The van der Waals surface area contributed by atoms with E-state index in [0.29, 0.717) is 6.61 Å². The zero-order valence-corrected chi connectivity index (χ0v) is 14.3. The Labute approximate surface area is 142 Å². The molecule has 0 aliphatic heterocycles. The van der Waals surface area contributed by atoms with E-state index in [-0.39, 0.29) is 23.5 Å². The van der Waals surface area contributed by atoms with Gasteiger partial charge in [-0.2, -0.15) is 5.10 Å². The van der Waals surface area contributed by atoms with E-state index in [2.05, 4.69) is 17.0 Å². The fourth-order valence-corrected chi connectivity index (χ4v) is 2.67. The highest BCUT2D eigenvalue weighted by molar-refractivity contribution is 5.23. The summed E-state index contributed by atoms with van der Waals surface area (Å²) in [5, 5.41) is 14.7. The maximum Gasteiger partial charge on any atom is 0.165 e. The van der Waals surface area contributed by atoms with Crippen molar-refractivity contribution in [3.63, 3.8) is 0 Å². The molecule has 0 bridgehead atoms. The van der Waals surface area contributed by atoms with Gasteiger partial charge < -0.3 is 9.84 Å². The van der Waals surface area contributed by atoms with E-state index >= 15 is 0 Å². The number of aliphatic hydroxyl groups excluding tert-OH is 1. The van der Waals surface area contributed by atoms with Crippen LogP contribution in [0.1, 0.15) is 45.6 Å². The van der Waals surface area contributed by atoms with Crippen LogP contribution < -0.4 is 4.74 Å². The average molecular weight is 335 g/mol. The van der Waals surface area contributed by atoms with Gasteiger partial charge in [0.25, 0.3) is 0 Å². The Balaban J connectivity index is 1.82. The molecule has 1 heterocycles. The van der Waals surface area contributed by atoms with Crippen molar-refractivity contribution in [2.24, 2.45) is 5.92 Å². The molecule has 2 rings (SSSR count). The van der Waals surface area contributed by atoms with Crippen molar-refractivity contribution in [2.75, 3.05) is 6.61 Å².